The van der Waals surface area contributed by atoms with Gasteiger partial charge in [-0.05, 0) is 37.1 Å². The Hall–Kier alpha value is -1.80. The smallest absolute Gasteiger partial charge is 0.124 e. The fourth-order valence-corrected chi connectivity index (χ4v) is 3.09. The van der Waals surface area contributed by atoms with E-state index in [0.717, 1.165) is 25.3 Å². The van der Waals surface area contributed by atoms with Gasteiger partial charge in [0.15, 0.2) is 0 Å². The minimum atomic E-state index is 0.319. The first kappa shape index (κ1) is 14.2. The lowest BCUT2D eigenvalue weighted by Gasteiger charge is -2.30. The Morgan fingerprint density at radius 1 is 1.14 bits per heavy atom. The van der Waals surface area contributed by atoms with Crippen molar-refractivity contribution < 1.29 is 4.74 Å². The lowest BCUT2D eigenvalue weighted by molar-refractivity contribution is 0.270. The second-order valence-electron chi connectivity index (χ2n) is 5.73. The first-order chi connectivity index (χ1) is 10.3. The summed E-state index contributed by atoms with van der Waals surface area (Å²) in [6.45, 7) is 6.05. The Kier molecular flexibility index (Phi) is 4.26. The van der Waals surface area contributed by atoms with Crippen LogP contribution in [0, 0.1) is 0 Å². The predicted octanol–water partition coefficient (Wildman–Crippen LogP) is 4.08. The number of ether oxygens (including phenoxy) is 1. The molecule has 0 amide bonds. The Labute approximate surface area is 127 Å². The highest BCUT2D eigenvalue weighted by Gasteiger charge is 2.26. The summed E-state index contributed by atoms with van der Waals surface area (Å²) in [6, 6.07) is 17.3. The fraction of sp³-hybridized carbons (Fsp3) is 0.368. The monoisotopic (exact) mass is 281 g/mol. The third kappa shape index (κ3) is 2.96. The molecule has 0 saturated carbocycles. The zero-order valence-electron chi connectivity index (χ0n) is 12.8. The predicted molar refractivity (Wildman–Crippen MR) is 86.9 cm³/mol. The maximum atomic E-state index is 6.13. The van der Waals surface area contributed by atoms with Crippen molar-refractivity contribution in [2.75, 3.05) is 13.2 Å². The van der Waals surface area contributed by atoms with Crippen LogP contribution < -0.4 is 10.1 Å². The van der Waals surface area contributed by atoms with Crippen molar-refractivity contribution in [2.45, 2.75) is 32.2 Å². The Morgan fingerprint density at radius 3 is 2.71 bits per heavy atom. The molecule has 1 aliphatic rings. The van der Waals surface area contributed by atoms with E-state index in [2.05, 4.69) is 61.6 Å². The van der Waals surface area contributed by atoms with E-state index in [9.17, 15) is 0 Å². The van der Waals surface area contributed by atoms with Gasteiger partial charge in [-0.3, -0.25) is 0 Å². The normalized spacial score (nSPS) is 17.7. The van der Waals surface area contributed by atoms with E-state index in [1.54, 1.807) is 0 Å². The second kappa shape index (κ2) is 6.31. The van der Waals surface area contributed by atoms with Gasteiger partial charge in [0.25, 0.3) is 0 Å². The van der Waals surface area contributed by atoms with Crippen molar-refractivity contribution in [1.29, 1.82) is 0 Å². The van der Waals surface area contributed by atoms with Gasteiger partial charge in [0.2, 0.25) is 0 Å². The number of para-hydroxylation sites is 1. The minimum absolute atomic E-state index is 0.319. The summed E-state index contributed by atoms with van der Waals surface area (Å²) in [5.74, 6) is 1.55. The lowest BCUT2D eigenvalue weighted by atomic mass is 9.78. The van der Waals surface area contributed by atoms with Crippen molar-refractivity contribution in [3.05, 3.63) is 65.2 Å². The van der Waals surface area contributed by atoms with Crippen LogP contribution in [-0.4, -0.2) is 13.2 Å². The highest BCUT2D eigenvalue weighted by atomic mass is 16.5. The SMILES string of the molecule is CCNC(C)c1ccccc1OCC1Cc2ccccc21. The van der Waals surface area contributed by atoms with Gasteiger partial charge in [-0.1, -0.05) is 49.4 Å². The van der Waals surface area contributed by atoms with Crippen LogP contribution in [0.2, 0.25) is 0 Å². The Balaban J connectivity index is 1.67. The number of benzene rings is 2. The van der Waals surface area contributed by atoms with Crippen molar-refractivity contribution in [1.82, 2.24) is 5.32 Å². The summed E-state index contributed by atoms with van der Waals surface area (Å²) in [5, 5.41) is 3.45. The Morgan fingerprint density at radius 2 is 1.90 bits per heavy atom. The summed E-state index contributed by atoms with van der Waals surface area (Å²) in [6.07, 6.45) is 1.14. The van der Waals surface area contributed by atoms with Gasteiger partial charge in [0.1, 0.15) is 5.75 Å². The highest BCUT2D eigenvalue weighted by Crippen LogP contribution is 2.35. The molecule has 0 bridgehead atoms. The summed E-state index contributed by atoms with van der Waals surface area (Å²) >= 11 is 0. The van der Waals surface area contributed by atoms with Crippen LogP contribution in [0.25, 0.3) is 0 Å². The molecule has 2 atom stereocenters. The van der Waals surface area contributed by atoms with E-state index >= 15 is 0 Å². The maximum absolute atomic E-state index is 6.13. The van der Waals surface area contributed by atoms with Gasteiger partial charge >= 0.3 is 0 Å². The first-order valence-electron chi connectivity index (χ1n) is 7.82. The zero-order chi connectivity index (χ0) is 14.7. The average Bonchev–Trinajstić information content (AvgIpc) is 2.49. The van der Waals surface area contributed by atoms with Gasteiger partial charge in [0, 0.05) is 17.5 Å². The molecule has 3 rings (SSSR count). The molecule has 0 saturated heterocycles. The molecule has 2 unspecified atom stereocenters. The second-order valence-corrected chi connectivity index (χ2v) is 5.73. The molecule has 21 heavy (non-hydrogen) atoms. The molecule has 0 fully saturated rings. The van der Waals surface area contributed by atoms with Crippen LogP contribution in [0.1, 0.15) is 42.5 Å². The van der Waals surface area contributed by atoms with Crippen molar-refractivity contribution in [2.24, 2.45) is 0 Å². The number of rotatable bonds is 6. The largest absolute Gasteiger partial charge is 0.493 e. The van der Waals surface area contributed by atoms with Crippen LogP contribution in [-0.2, 0) is 6.42 Å². The molecule has 0 aromatic heterocycles. The molecule has 0 heterocycles. The van der Waals surface area contributed by atoms with Crippen LogP contribution >= 0.6 is 0 Å². The summed E-state index contributed by atoms with van der Waals surface area (Å²) < 4.78 is 6.13. The van der Waals surface area contributed by atoms with Gasteiger partial charge in [0.05, 0.1) is 6.61 Å². The molecule has 1 aliphatic carbocycles. The molecule has 0 aliphatic heterocycles. The number of fused-ring (bicyclic) bond motifs is 1. The summed E-state index contributed by atoms with van der Waals surface area (Å²) in [7, 11) is 0. The zero-order valence-corrected chi connectivity index (χ0v) is 12.8. The van der Waals surface area contributed by atoms with E-state index in [0.29, 0.717) is 12.0 Å². The maximum Gasteiger partial charge on any atom is 0.124 e. The van der Waals surface area contributed by atoms with Crippen molar-refractivity contribution in [3.8, 4) is 5.75 Å². The van der Waals surface area contributed by atoms with E-state index in [1.807, 2.05) is 6.07 Å². The molecule has 2 nitrogen and oxygen atoms in total. The van der Waals surface area contributed by atoms with E-state index in [-0.39, 0.29) is 0 Å². The highest BCUT2D eigenvalue weighted by molar-refractivity contribution is 5.41. The topological polar surface area (TPSA) is 21.3 Å². The standard InChI is InChI=1S/C19H23NO/c1-3-20-14(2)17-9-6-7-11-19(17)21-13-16-12-15-8-4-5-10-18(15)16/h4-11,14,16,20H,3,12-13H2,1-2H3. The average molecular weight is 281 g/mol. The van der Waals surface area contributed by atoms with Crippen molar-refractivity contribution >= 4 is 0 Å². The van der Waals surface area contributed by atoms with E-state index in [4.69, 9.17) is 4.74 Å². The van der Waals surface area contributed by atoms with Gasteiger partial charge in [-0.15, -0.1) is 0 Å². The molecule has 2 heteroatoms. The molecular weight excluding hydrogens is 258 g/mol. The molecule has 110 valence electrons. The molecule has 2 aromatic rings. The summed E-state index contributed by atoms with van der Waals surface area (Å²) in [5.41, 5.74) is 4.17. The van der Waals surface area contributed by atoms with Crippen LogP contribution in [0.4, 0.5) is 0 Å². The molecular formula is C19H23NO. The minimum Gasteiger partial charge on any atom is -0.493 e. The summed E-state index contributed by atoms with van der Waals surface area (Å²) in [4.78, 5) is 0. The fourth-order valence-electron chi connectivity index (χ4n) is 3.09. The number of hydrogen-bond acceptors (Lipinski definition) is 2. The number of hydrogen-bond donors (Lipinski definition) is 1. The Bertz CT molecular complexity index is 608. The molecule has 0 radical (unpaired) electrons. The van der Waals surface area contributed by atoms with Gasteiger partial charge in [-0.2, -0.15) is 0 Å². The van der Waals surface area contributed by atoms with E-state index in [1.165, 1.54) is 16.7 Å². The van der Waals surface area contributed by atoms with E-state index < -0.39 is 0 Å². The third-order valence-corrected chi connectivity index (χ3v) is 4.30. The van der Waals surface area contributed by atoms with Crippen molar-refractivity contribution in [3.63, 3.8) is 0 Å². The molecule has 1 N–H and O–H groups in total. The molecule has 0 spiro atoms. The lowest BCUT2D eigenvalue weighted by Crippen LogP contribution is -2.24. The number of nitrogens with one attached hydrogen (secondary N) is 1. The quantitative estimate of drug-likeness (QED) is 0.861. The van der Waals surface area contributed by atoms with Crippen LogP contribution in [0.3, 0.4) is 0 Å². The first-order valence-corrected chi connectivity index (χ1v) is 7.82. The van der Waals surface area contributed by atoms with Crippen LogP contribution in [0.5, 0.6) is 5.75 Å². The van der Waals surface area contributed by atoms with Crippen LogP contribution in [0.15, 0.2) is 48.5 Å². The van der Waals surface area contributed by atoms with Gasteiger partial charge < -0.3 is 10.1 Å². The third-order valence-electron chi connectivity index (χ3n) is 4.30. The molecule has 2 aromatic carbocycles. The van der Waals surface area contributed by atoms with Gasteiger partial charge in [-0.25, -0.2) is 0 Å².